The van der Waals surface area contributed by atoms with E-state index in [0.717, 1.165) is 12.8 Å². The van der Waals surface area contributed by atoms with Gasteiger partial charge in [-0.2, -0.15) is 20.4 Å². The van der Waals surface area contributed by atoms with Gasteiger partial charge in [-0.15, -0.1) is 10.2 Å². The van der Waals surface area contributed by atoms with E-state index < -0.39 is 0 Å². The molecule has 8 nitrogen and oxygen atoms in total. The van der Waals surface area contributed by atoms with Gasteiger partial charge in [0.15, 0.2) is 12.7 Å². The van der Waals surface area contributed by atoms with Gasteiger partial charge >= 0.3 is 0 Å². The molecule has 8 heteroatoms. The SMILES string of the molecule is NN=CN=NCCCCN=NC=NN. The van der Waals surface area contributed by atoms with Crippen LogP contribution < -0.4 is 11.7 Å². The number of hydrazone groups is 2. The third-order valence-electron chi connectivity index (χ3n) is 1.17. The van der Waals surface area contributed by atoms with Crippen LogP contribution in [-0.4, -0.2) is 25.8 Å². The van der Waals surface area contributed by atoms with Crippen LogP contribution in [0.15, 0.2) is 30.7 Å². The van der Waals surface area contributed by atoms with Crippen LogP contribution in [0.5, 0.6) is 0 Å². The van der Waals surface area contributed by atoms with Crippen molar-refractivity contribution in [1.29, 1.82) is 0 Å². The quantitative estimate of drug-likeness (QED) is 0.154. The van der Waals surface area contributed by atoms with E-state index >= 15 is 0 Å². The normalized spacial score (nSPS) is 12.9. The maximum atomic E-state index is 4.80. The molecule has 0 unspecified atom stereocenters. The Bertz CT molecular complexity index is 194. The molecule has 0 heterocycles. The summed E-state index contributed by atoms with van der Waals surface area (Å²) in [6.07, 6.45) is 4.16. The molecular weight excluding hydrogens is 184 g/mol. The molecule has 0 atom stereocenters. The van der Waals surface area contributed by atoms with Crippen molar-refractivity contribution >= 4 is 12.7 Å². The first-order chi connectivity index (χ1) is 6.91. The molecule has 14 heavy (non-hydrogen) atoms. The summed E-state index contributed by atoms with van der Waals surface area (Å²) in [5, 5.41) is 21.0. The van der Waals surface area contributed by atoms with E-state index in [-0.39, 0.29) is 0 Å². The van der Waals surface area contributed by atoms with Gasteiger partial charge in [-0.05, 0) is 12.8 Å². The Balaban J connectivity index is 3.21. The van der Waals surface area contributed by atoms with Gasteiger partial charge in [0, 0.05) is 0 Å². The zero-order chi connectivity index (χ0) is 10.5. The lowest BCUT2D eigenvalue weighted by Gasteiger charge is -1.89. The third kappa shape index (κ3) is 10.1. The molecule has 78 valence electrons. The van der Waals surface area contributed by atoms with E-state index in [4.69, 9.17) is 11.7 Å². The van der Waals surface area contributed by atoms with Crippen molar-refractivity contribution in [3.8, 4) is 0 Å². The largest absolute Gasteiger partial charge is 0.322 e. The predicted octanol–water partition coefficient (Wildman–Crippen LogP) is 0.475. The molecule has 4 N–H and O–H groups in total. The van der Waals surface area contributed by atoms with Crippen LogP contribution >= 0.6 is 0 Å². The van der Waals surface area contributed by atoms with Gasteiger partial charge in [0.05, 0.1) is 13.1 Å². The number of azo groups is 2. The van der Waals surface area contributed by atoms with Crippen molar-refractivity contribution < 1.29 is 0 Å². The number of unbranched alkanes of at least 4 members (excludes halogenated alkanes) is 1. The van der Waals surface area contributed by atoms with E-state index in [1.165, 1.54) is 12.7 Å². The van der Waals surface area contributed by atoms with E-state index in [9.17, 15) is 0 Å². The number of rotatable bonds is 7. The summed E-state index contributed by atoms with van der Waals surface area (Å²) in [5.74, 6) is 9.61. The van der Waals surface area contributed by atoms with E-state index in [0.29, 0.717) is 13.1 Å². The maximum absolute atomic E-state index is 4.80. The summed E-state index contributed by atoms with van der Waals surface area (Å²) < 4.78 is 0. The monoisotopic (exact) mass is 198 g/mol. The molecule has 0 aliphatic carbocycles. The highest BCUT2D eigenvalue weighted by atomic mass is 15.2. The Labute approximate surface area is 81.9 Å². The first kappa shape index (κ1) is 12.1. The summed E-state index contributed by atoms with van der Waals surface area (Å²) >= 11 is 0. The Morgan fingerprint density at radius 3 is 1.57 bits per heavy atom. The van der Waals surface area contributed by atoms with Gasteiger partial charge < -0.3 is 11.7 Å². The third-order valence-corrected chi connectivity index (χ3v) is 1.17. The highest BCUT2D eigenvalue weighted by molar-refractivity contribution is 5.53. The highest BCUT2D eigenvalue weighted by Gasteiger charge is 1.84. The van der Waals surface area contributed by atoms with Crippen molar-refractivity contribution in [2.24, 2.45) is 42.3 Å². The van der Waals surface area contributed by atoms with Crippen LogP contribution in [-0.2, 0) is 0 Å². The molecule has 0 rings (SSSR count). The molecule has 0 amide bonds. The van der Waals surface area contributed by atoms with Crippen molar-refractivity contribution in [2.75, 3.05) is 13.1 Å². The second kappa shape index (κ2) is 11.1. The first-order valence-corrected chi connectivity index (χ1v) is 4.08. The van der Waals surface area contributed by atoms with Gasteiger partial charge in [-0.25, -0.2) is 0 Å². The summed E-state index contributed by atoms with van der Waals surface area (Å²) in [7, 11) is 0. The van der Waals surface area contributed by atoms with Gasteiger partial charge in [-0.1, -0.05) is 0 Å². The second-order valence-corrected chi connectivity index (χ2v) is 2.20. The maximum Gasteiger partial charge on any atom is 0.157 e. The summed E-state index contributed by atoms with van der Waals surface area (Å²) in [6.45, 7) is 1.26. The van der Waals surface area contributed by atoms with Crippen LogP contribution in [0.3, 0.4) is 0 Å². The minimum absolute atomic E-state index is 0.631. The Kier molecular flexibility index (Phi) is 9.66. The zero-order valence-corrected chi connectivity index (χ0v) is 7.82. The van der Waals surface area contributed by atoms with Crippen LogP contribution in [0.1, 0.15) is 12.8 Å². The minimum atomic E-state index is 0.631. The number of nitrogens with two attached hydrogens (primary N) is 2. The predicted molar refractivity (Wildman–Crippen MR) is 54.0 cm³/mol. The van der Waals surface area contributed by atoms with Crippen molar-refractivity contribution in [3.63, 3.8) is 0 Å². The van der Waals surface area contributed by atoms with E-state index in [2.05, 4.69) is 30.7 Å². The molecule has 0 fully saturated rings. The summed E-state index contributed by atoms with van der Waals surface area (Å²) in [5.41, 5.74) is 0. The molecular formula is C6H14N8. The number of hydrogen-bond acceptors (Lipinski definition) is 6. The van der Waals surface area contributed by atoms with Crippen LogP contribution in [0.25, 0.3) is 0 Å². The lowest BCUT2D eigenvalue weighted by atomic mass is 10.3. The zero-order valence-electron chi connectivity index (χ0n) is 7.82. The Morgan fingerprint density at radius 2 is 1.21 bits per heavy atom. The van der Waals surface area contributed by atoms with Gasteiger partial charge in [-0.3, -0.25) is 0 Å². The standard InChI is InChI=1S/C6H14N8/c7-9-5-13-11-3-1-2-4-12-14-6-10-8/h5-6H,1-4,7-8H2. The van der Waals surface area contributed by atoms with Crippen molar-refractivity contribution in [3.05, 3.63) is 0 Å². The molecule has 0 spiro atoms. The highest BCUT2D eigenvalue weighted by Crippen LogP contribution is 1.90. The molecule has 0 aromatic heterocycles. The van der Waals surface area contributed by atoms with Crippen molar-refractivity contribution in [1.82, 2.24) is 0 Å². The molecule has 0 saturated carbocycles. The molecule has 0 bridgehead atoms. The second-order valence-electron chi connectivity index (χ2n) is 2.20. The molecule has 0 radical (unpaired) electrons. The van der Waals surface area contributed by atoms with Crippen LogP contribution in [0.4, 0.5) is 0 Å². The fourth-order valence-electron chi connectivity index (χ4n) is 0.613. The summed E-state index contributed by atoms with van der Waals surface area (Å²) in [4.78, 5) is 0. The smallest absolute Gasteiger partial charge is 0.157 e. The molecule has 0 aromatic carbocycles. The fraction of sp³-hybridized carbons (Fsp3) is 0.667. The first-order valence-electron chi connectivity index (χ1n) is 4.08. The topological polar surface area (TPSA) is 126 Å². The molecule has 0 aliphatic heterocycles. The van der Waals surface area contributed by atoms with Gasteiger partial charge in [0.1, 0.15) is 0 Å². The van der Waals surface area contributed by atoms with Crippen LogP contribution in [0, 0.1) is 0 Å². The van der Waals surface area contributed by atoms with Gasteiger partial charge in [0.2, 0.25) is 0 Å². The fourth-order valence-corrected chi connectivity index (χ4v) is 0.613. The average Bonchev–Trinajstić information content (AvgIpc) is 2.21. The summed E-state index contributed by atoms with van der Waals surface area (Å²) in [6, 6.07) is 0. The van der Waals surface area contributed by atoms with Crippen LogP contribution in [0.2, 0.25) is 0 Å². The lowest BCUT2D eigenvalue weighted by Crippen LogP contribution is -1.85. The minimum Gasteiger partial charge on any atom is -0.322 e. The van der Waals surface area contributed by atoms with E-state index in [1.54, 1.807) is 0 Å². The average molecular weight is 198 g/mol. The number of hydrogen-bond donors (Lipinski definition) is 2. The number of nitrogens with zero attached hydrogens (tertiary/aromatic N) is 6. The molecule has 0 aromatic rings. The van der Waals surface area contributed by atoms with E-state index in [1.807, 2.05) is 0 Å². The Morgan fingerprint density at radius 1 is 0.786 bits per heavy atom. The van der Waals surface area contributed by atoms with Gasteiger partial charge in [0.25, 0.3) is 0 Å². The van der Waals surface area contributed by atoms with Crippen molar-refractivity contribution in [2.45, 2.75) is 12.8 Å². The molecule has 0 aliphatic rings. The molecule has 0 saturated heterocycles. The lowest BCUT2D eigenvalue weighted by molar-refractivity contribution is 0.727. The Hall–Kier alpha value is -1.86.